The average Bonchev–Trinajstić information content (AvgIpc) is 2.44. The van der Waals surface area contributed by atoms with Gasteiger partial charge in [-0.25, -0.2) is 0 Å². The van der Waals surface area contributed by atoms with Crippen LogP contribution in [0.3, 0.4) is 0 Å². The maximum absolute atomic E-state index is 11.4. The van der Waals surface area contributed by atoms with Crippen molar-refractivity contribution in [3.63, 3.8) is 0 Å². The van der Waals surface area contributed by atoms with Crippen molar-refractivity contribution in [2.24, 2.45) is 27.6 Å². The van der Waals surface area contributed by atoms with E-state index in [-0.39, 0.29) is 11.8 Å². The molecule has 0 saturated carbocycles. The van der Waals surface area contributed by atoms with Crippen molar-refractivity contribution in [1.29, 1.82) is 0 Å². The van der Waals surface area contributed by atoms with Crippen molar-refractivity contribution in [2.45, 2.75) is 57.6 Å². The minimum absolute atomic E-state index is 0.0401. The van der Waals surface area contributed by atoms with Crippen LogP contribution in [0.25, 0.3) is 0 Å². The number of nitrogens with two attached hydrogens (primary N) is 2. The predicted octanol–water partition coefficient (Wildman–Crippen LogP) is 1.50. The highest BCUT2D eigenvalue weighted by atomic mass is 16.5. The molecule has 0 radical (unpaired) electrons. The van der Waals surface area contributed by atoms with Crippen molar-refractivity contribution >= 4 is 11.8 Å². The SMILES string of the molecule is NC(=O)C1CCCCCCOC(C(N)=O)N=NCCCC1. The first-order valence-electron chi connectivity index (χ1n) is 7.68. The second-order valence-corrected chi connectivity index (χ2v) is 5.40. The second-order valence-electron chi connectivity index (χ2n) is 5.40. The van der Waals surface area contributed by atoms with Crippen molar-refractivity contribution < 1.29 is 14.3 Å². The predicted molar refractivity (Wildman–Crippen MR) is 78.3 cm³/mol. The van der Waals surface area contributed by atoms with Gasteiger partial charge in [-0.2, -0.15) is 10.2 Å². The molecule has 1 rings (SSSR count). The van der Waals surface area contributed by atoms with E-state index in [2.05, 4.69) is 10.2 Å². The lowest BCUT2D eigenvalue weighted by Crippen LogP contribution is -2.29. The summed E-state index contributed by atoms with van der Waals surface area (Å²) in [5.74, 6) is -0.864. The minimum Gasteiger partial charge on any atom is -0.369 e. The Morgan fingerprint density at radius 3 is 2.24 bits per heavy atom. The molecule has 0 aromatic rings. The van der Waals surface area contributed by atoms with Crippen molar-refractivity contribution in [2.75, 3.05) is 13.2 Å². The molecule has 0 fully saturated rings. The van der Waals surface area contributed by atoms with E-state index < -0.39 is 12.1 Å². The van der Waals surface area contributed by atoms with Crippen molar-refractivity contribution in [3.8, 4) is 0 Å². The third-order valence-corrected chi connectivity index (χ3v) is 3.62. The molecule has 21 heavy (non-hydrogen) atoms. The standard InChI is InChI=1S/C14H26N4O3/c15-12(19)11-7-3-1-2-6-10-21-14(13(16)20)18-17-9-5-4-8-11/h11,14H,1-10H2,(H2,15,19)(H2,16,20). The number of carbonyl (C=O) groups is 2. The highest BCUT2D eigenvalue weighted by molar-refractivity contribution is 5.78. The third kappa shape index (κ3) is 7.75. The van der Waals surface area contributed by atoms with Crippen LogP contribution in [0.1, 0.15) is 51.4 Å². The summed E-state index contributed by atoms with van der Waals surface area (Å²) in [6, 6.07) is 0. The molecule has 1 aliphatic rings. The van der Waals surface area contributed by atoms with Crippen LogP contribution in [0.5, 0.6) is 0 Å². The molecule has 4 N–H and O–H groups in total. The molecule has 7 nitrogen and oxygen atoms in total. The summed E-state index contributed by atoms with van der Waals surface area (Å²) >= 11 is 0. The molecule has 0 bridgehead atoms. The Morgan fingerprint density at radius 2 is 1.57 bits per heavy atom. The Bertz CT molecular complexity index is 360. The highest BCUT2D eigenvalue weighted by Crippen LogP contribution is 2.17. The maximum Gasteiger partial charge on any atom is 0.271 e. The summed E-state index contributed by atoms with van der Waals surface area (Å²) in [6.07, 6.45) is 6.16. The topological polar surface area (TPSA) is 120 Å². The van der Waals surface area contributed by atoms with E-state index >= 15 is 0 Å². The molecular formula is C14H26N4O3. The summed E-state index contributed by atoms with van der Waals surface area (Å²) in [4.78, 5) is 22.5. The Balaban J connectivity index is 2.50. The van der Waals surface area contributed by atoms with Crippen LogP contribution in [0, 0.1) is 5.92 Å². The lowest BCUT2D eigenvalue weighted by molar-refractivity contribution is -0.129. The van der Waals surface area contributed by atoms with Gasteiger partial charge in [0.2, 0.25) is 12.1 Å². The van der Waals surface area contributed by atoms with Gasteiger partial charge >= 0.3 is 0 Å². The maximum atomic E-state index is 11.4. The summed E-state index contributed by atoms with van der Waals surface area (Å²) in [6.45, 7) is 0.935. The lowest BCUT2D eigenvalue weighted by atomic mass is 9.94. The number of carbonyl (C=O) groups excluding carboxylic acids is 2. The zero-order chi connectivity index (χ0) is 15.5. The molecule has 120 valence electrons. The number of ether oxygens (including phenoxy) is 1. The van der Waals surface area contributed by atoms with E-state index in [1.807, 2.05) is 0 Å². The number of hydrogen-bond acceptors (Lipinski definition) is 5. The lowest BCUT2D eigenvalue weighted by Gasteiger charge is -2.12. The quantitative estimate of drug-likeness (QED) is 0.803. The number of rotatable bonds is 2. The first-order valence-corrected chi connectivity index (χ1v) is 7.68. The van der Waals surface area contributed by atoms with Crippen LogP contribution >= 0.6 is 0 Å². The first kappa shape index (κ1) is 17.6. The van der Waals surface area contributed by atoms with Gasteiger partial charge in [-0.3, -0.25) is 9.59 Å². The van der Waals surface area contributed by atoms with Gasteiger partial charge in [-0.05, 0) is 25.7 Å². The fraction of sp³-hybridized carbons (Fsp3) is 0.857. The fourth-order valence-electron chi connectivity index (χ4n) is 2.35. The molecule has 2 atom stereocenters. The van der Waals surface area contributed by atoms with E-state index in [4.69, 9.17) is 16.2 Å². The molecular weight excluding hydrogens is 272 g/mol. The van der Waals surface area contributed by atoms with Gasteiger partial charge in [-0.1, -0.05) is 25.7 Å². The van der Waals surface area contributed by atoms with Gasteiger partial charge in [0, 0.05) is 12.5 Å². The summed E-state index contributed by atoms with van der Waals surface area (Å²) in [5.41, 5.74) is 10.6. The molecule has 0 saturated heterocycles. The van der Waals surface area contributed by atoms with Gasteiger partial charge in [-0.15, -0.1) is 0 Å². The molecule has 0 aromatic heterocycles. The number of primary amides is 2. The minimum atomic E-state index is -0.978. The van der Waals surface area contributed by atoms with E-state index in [0.29, 0.717) is 13.2 Å². The zero-order valence-corrected chi connectivity index (χ0v) is 12.5. The van der Waals surface area contributed by atoms with Gasteiger partial charge in [0.05, 0.1) is 6.54 Å². The van der Waals surface area contributed by atoms with Gasteiger partial charge in [0.25, 0.3) is 5.91 Å². The van der Waals surface area contributed by atoms with E-state index in [0.717, 1.165) is 51.4 Å². The molecule has 7 heteroatoms. The van der Waals surface area contributed by atoms with Crippen LogP contribution in [-0.2, 0) is 14.3 Å². The van der Waals surface area contributed by atoms with Crippen molar-refractivity contribution in [1.82, 2.24) is 0 Å². The summed E-state index contributed by atoms with van der Waals surface area (Å²) in [5, 5.41) is 7.76. The van der Waals surface area contributed by atoms with Crippen LogP contribution in [-0.4, -0.2) is 31.2 Å². The molecule has 1 aliphatic heterocycles. The van der Waals surface area contributed by atoms with Gasteiger partial charge in [0.15, 0.2) is 0 Å². The average molecular weight is 298 g/mol. The fourth-order valence-corrected chi connectivity index (χ4v) is 2.35. The summed E-state index contributed by atoms with van der Waals surface area (Å²) < 4.78 is 5.33. The first-order chi connectivity index (χ1) is 10.1. The third-order valence-electron chi connectivity index (χ3n) is 3.62. The number of azo groups is 1. The van der Waals surface area contributed by atoms with Crippen molar-refractivity contribution in [3.05, 3.63) is 0 Å². The Kier molecular flexibility index (Phi) is 8.57. The van der Waals surface area contributed by atoms with Gasteiger partial charge in [0.1, 0.15) is 0 Å². The summed E-state index contributed by atoms with van der Waals surface area (Å²) in [7, 11) is 0. The van der Waals surface area contributed by atoms with Crippen LogP contribution in [0.15, 0.2) is 10.2 Å². The molecule has 0 spiro atoms. The second kappa shape index (κ2) is 10.3. The van der Waals surface area contributed by atoms with Gasteiger partial charge < -0.3 is 16.2 Å². The molecule has 1 heterocycles. The van der Waals surface area contributed by atoms with E-state index in [1.165, 1.54) is 0 Å². The normalized spacial score (nSPS) is 26.5. The monoisotopic (exact) mass is 298 g/mol. The number of hydrogen-bond donors (Lipinski definition) is 2. The van der Waals surface area contributed by atoms with Crippen LogP contribution < -0.4 is 11.5 Å². The molecule has 0 aliphatic carbocycles. The Labute approximate surface area is 125 Å². The Hall–Kier alpha value is -1.50. The molecule has 2 amide bonds. The Morgan fingerprint density at radius 1 is 0.905 bits per heavy atom. The molecule has 2 unspecified atom stereocenters. The largest absolute Gasteiger partial charge is 0.369 e. The van der Waals surface area contributed by atoms with E-state index in [1.54, 1.807) is 0 Å². The number of nitrogens with zero attached hydrogens (tertiary/aromatic N) is 2. The van der Waals surface area contributed by atoms with Crippen LogP contribution in [0.4, 0.5) is 0 Å². The zero-order valence-electron chi connectivity index (χ0n) is 12.5. The molecule has 0 aromatic carbocycles. The highest BCUT2D eigenvalue weighted by Gasteiger charge is 2.16. The van der Waals surface area contributed by atoms with Crippen LogP contribution in [0.2, 0.25) is 0 Å². The number of amides is 2. The smallest absolute Gasteiger partial charge is 0.271 e. The van der Waals surface area contributed by atoms with E-state index in [9.17, 15) is 9.59 Å².